The zero-order valence-electron chi connectivity index (χ0n) is 26.0. The predicted molar refractivity (Wildman–Crippen MR) is 177 cm³/mol. The normalized spacial score (nSPS) is 16.8. The molecule has 8 nitrogen and oxygen atoms in total. The van der Waals surface area contributed by atoms with Crippen LogP contribution in [0, 0.1) is 0 Å². The highest BCUT2D eigenvalue weighted by Gasteiger charge is 2.31. The minimum atomic E-state index is -4.74. The van der Waals surface area contributed by atoms with Crippen LogP contribution in [0.4, 0.5) is 23.7 Å². The van der Waals surface area contributed by atoms with Gasteiger partial charge in [0.2, 0.25) is 0 Å². The number of alkyl halides is 3. The molecule has 1 aromatic heterocycles. The molecule has 3 aromatic carbocycles. The summed E-state index contributed by atoms with van der Waals surface area (Å²) in [5.74, 6) is 1.14. The summed E-state index contributed by atoms with van der Waals surface area (Å²) in [6.07, 6.45) is 1.26. The number of anilines is 1. The number of nitrogens with zero attached hydrogens (tertiary/aromatic N) is 5. The molecular weight excluding hydrogens is 613 g/mol. The van der Waals surface area contributed by atoms with Gasteiger partial charge in [-0.1, -0.05) is 61.2 Å². The lowest BCUT2D eigenvalue weighted by atomic mass is 10.0. The Morgan fingerprint density at radius 1 is 1.11 bits per heavy atom. The third-order valence-corrected chi connectivity index (χ3v) is 8.74. The first kappa shape index (κ1) is 33.1. The Morgan fingerprint density at radius 2 is 1.85 bits per heavy atom. The fourth-order valence-corrected chi connectivity index (χ4v) is 6.54. The summed E-state index contributed by atoms with van der Waals surface area (Å²) in [5, 5.41) is 8.25. The Kier molecular flexibility index (Phi) is 10.7. The van der Waals surface area contributed by atoms with Gasteiger partial charge in [-0.15, -0.1) is 18.3 Å². The monoisotopic (exact) mass is 650 g/mol. The number of para-hydroxylation sites is 1. The second-order valence-corrected chi connectivity index (χ2v) is 12.3. The van der Waals surface area contributed by atoms with Crippen LogP contribution < -0.4 is 15.0 Å². The van der Waals surface area contributed by atoms with Crippen LogP contribution in [0.25, 0.3) is 17.1 Å². The fraction of sp³-hybridized carbons (Fsp3) is 0.353. The number of halogens is 3. The van der Waals surface area contributed by atoms with Crippen molar-refractivity contribution in [3.8, 4) is 22.8 Å². The van der Waals surface area contributed by atoms with Gasteiger partial charge in [-0.2, -0.15) is 4.99 Å². The minimum absolute atomic E-state index is 0.0271. The van der Waals surface area contributed by atoms with Crippen LogP contribution >= 0.6 is 11.8 Å². The van der Waals surface area contributed by atoms with Gasteiger partial charge in [0.05, 0.1) is 5.69 Å². The average Bonchev–Trinajstić information content (AvgIpc) is 3.51. The minimum Gasteiger partial charge on any atom is -0.406 e. The number of thioether (sulfide) groups is 1. The van der Waals surface area contributed by atoms with Crippen molar-refractivity contribution >= 4 is 28.6 Å². The number of rotatable bonds is 10. The molecule has 46 heavy (non-hydrogen) atoms. The number of hydrogen-bond acceptors (Lipinski definition) is 5. The van der Waals surface area contributed by atoms with Crippen molar-refractivity contribution in [1.29, 1.82) is 0 Å². The smallest absolute Gasteiger partial charge is 0.406 e. The number of hydrogen-bond donors (Lipinski definition) is 1. The molecule has 2 unspecified atom stereocenters. The predicted octanol–water partition coefficient (Wildman–Crippen LogP) is 8.20. The van der Waals surface area contributed by atoms with Crippen LogP contribution in [-0.4, -0.2) is 50.2 Å². The Bertz CT molecular complexity index is 1640. The number of urea groups is 1. The zero-order valence-corrected chi connectivity index (χ0v) is 26.8. The molecular formula is C34H37F3N6O2S. The van der Waals surface area contributed by atoms with Gasteiger partial charge in [0, 0.05) is 29.1 Å². The number of amidine groups is 1. The number of aromatic nitrogens is 3. The summed E-state index contributed by atoms with van der Waals surface area (Å²) in [4.78, 5) is 24.0. The molecule has 1 saturated heterocycles. The number of aliphatic imine (C=N–C) groups is 1. The van der Waals surface area contributed by atoms with Crippen LogP contribution in [-0.2, 0) is 12.8 Å². The maximum absolute atomic E-state index is 12.9. The van der Waals surface area contributed by atoms with E-state index in [0.717, 1.165) is 59.8 Å². The largest absolute Gasteiger partial charge is 0.573 e. The molecule has 242 valence electrons. The summed E-state index contributed by atoms with van der Waals surface area (Å²) < 4.78 is 42.7. The number of carbonyl (C=O) groups excluding carboxylic acids is 1. The molecule has 0 aliphatic carbocycles. The highest BCUT2D eigenvalue weighted by atomic mass is 32.2. The first-order valence-electron chi connectivity index (χ1n) is 15.4. The van der Waals surface area contributed by atoms with Gasteiger partial charge in [-0.25, -0.2) is 14.5 Å². The van der Waals surface area contributed by atoms with E-state index in [-0.39, 0.29) is 23.9 Å². The topological polar surface area (TPSA) is 84.6 Å². The van der Waals surface area contributed by atoms with Gasteiger partial charge < -0.3 is 15.0 Å². The highest BCUT2D eigenvalue weighted by molar-refractivity contribution is 8.14. The van der Waals surface area contributed by atoms with Crippen LogP contribution in [0.1, 0.15) is 51.2 Å². The third-order valence-electron chi connectivity index (χ3n) is 7.75. The summed E-state index contributed by atoms with van der Waals surface area (Å²) in [5.41, 5.74) is 4.89. The summed E-state index contributed by atoms with van der Waals surface area (Å²) >= 11 is 1.63. The van der Waals surface area contributed by atoms with Crippen molar-refractivity contribution in [3.05, 3.63) is 90.3 Å². The number of nitrogens with one attached hydrogen (secondary N) is 1. The Hall–Kier alpha value is -4.32. The second-order valence-electron chi connectivity index (χ2n) is 11.2. The molecule has 0 spiro atoms. The van der Waals surface area contributed by atoms with E-state index < -0.39 is 6.36 Å². The van der Waals surface area contributed by atoms with E-state index in [2.05, 4.69) is 56.0 Å². The zero-order chi connectivity index (χ0) is 32.7. The third kappa shape index (κ3) is 8.68. The van der Waals surface area contributed by atoms with E-state index in [9.17, 15) is 18.0 Å². The molecule has 2 amide bonds. The molecule has 4 aromatic rings. The molecule has 1 aliphatic heterocycles. The van der Waals surface area contributed by atoms with E-state index in [1.807, 2.05) is 43.3 Å². The number of amides is 2. The molecule has 1 N–H and O–H groups in total. The van der Waals surface area contributed by atoms with E-state index in [1.54, 1.807) is 11.8 Å². The first-order valence-corrected chi connectivity index (χ1v) is 16.3. The van der Waals surface area contributed by atoms with Crippen molar-refractivity contribution in [3.63, 3.8) is 0 Å². The molecule has 2 atom stereocenters. The molecule has 1 aliphatic rings. The lowest BCUT2D eigenvalue weighted by Gasteiger charge is -2.36. The lowest BCUT2D eigenvalue weighted by Crippen LogP contribution is -2.43. The van der Waals surface area contributed by atoms with Crippen LogP contribution in [0.5, 0.6) is 5.75 Å². The molecule has 0 saturated carbocycles. The van der Waals surface area contributed by atoms with Gasteiger partial charge in [0.15, 0.2) is 11.0 Å². The standard InChI is InChI=1S/C34H37F3N6O2S/c1-4-26-10-5-6-11-30(26)43-24(3)20-21-46-33(43)40-32(44)39-23(2)8-7-9-25-12-14-27(15-13-25)31-38-22-42(41-31)28-16-18-29(19-17-28)45-34(35,36)37/h5-6,10-19,22-24H,4,7-9,20-21H2,1-3H3,(H,39,44). The molecule has 0 bridgehead atoms. The maximum Gasteiger partial charge on any atom is 0.573 e. The Balaban J connectivity index is 1.11. The molecule has 1 fully saturated rings. The van der Waals surface area contributed by atoms with E-state index in [0.29, 0.717) is 11.5 Å². The highest BCUT2D eigenvalue weighted by Crippen LogP contribution is 2.32. The van der Waals surface area contributed by atoms with Gasteiger partial charge in [-0.05, 0) is 87.4 Å². The van der Waals surface area contributed by atoms with Crippen molar-refractivity contribution < 1.29 is 22.7 Å². The molecule has 12 heteroatoms. The lowest BCUT2D eigenvalue weighted by molar-refractivity contribution is -0.274. The summed E-state index contributed by atoms with van der Waals surface area (Å²) in [6, 6.07) is 21.6. The van der Waals surface area contributed by atoms with E-state index in [1.165, 1.54) is 40.8 Å². The van der Waals surface area contributed by atoms with Crippen LogP contribution in [0.15, 0.2) is 84.1 Å². The van der Waals surface area contributed by atoms with Gasteiger partial charge in [0.1, 0.15) is 12.1 Å². The van der Waals surface area contributed by atoms with Crippen molar-refractivity contribution in [2.45, 2.75) is 71.3 Å². The van der Waals surface area contributed by atoms with Crippen molar-refractivity contribution in [2.75, 3.05) is 10.7 Å². The summed E-state index contributed by atoms with van der Waals surface area (Å²) in [7, 11) is 0. The van der Waals surface area contributed by atoms with Gasteiger partial charge >= 0.3 is 12.4 Å². The fourth-order valence-electron chi connectivity index (χ4n) is 5.33. The van der Waals surface area contributed by atoms with Crippen molar-refractivity contribution in [2.24, 2.45) is 4.99 Å². The van der Waals surface area contributed by atoms with Crippen molar-refractivity contribution in [1.82, 2.24) is 20.1 Å². The second kappa shape index (κ2) is 14.8. The quantitative estimate of drug-likeness (QED) is 0.186. The average molecular weight is 651 g/mol. The van der Waals surface area contributed by atoms with E-state index in [4.69, 9.17) is 0 Å². The Morgan fingerprint density at radius 3 is 2.57 bits per heavy atom. The molecule has 2 heterocycles. The SMILES string of the molecule is CCc1ccccc1N1C(=NC(=O)NC(C)CCCc2ccc(-c3ncn(-c4ccc(OC(F)(F)F)cc4)n3)cc2)SCCC1C. The van der Waals surface area contributed by atoms with Gasteiger partial charge in [0.25, 0.3) is 0 Å². The van der Waals surface area contributed by atoms with Crippen LogP contribution in [0.3, 0.4) is 0 Å². The number of carbonyl (C=O) groups is 1. The molecule has 5 rings (SSSR count). The van der Waals surface area contributed by atoms with E-state index >= 15 is 0 Å². The maximum atomic E-state index is 12.9. The van der Waals surface area contributed by atoms with Crippen LogP contribution in [0.2, 0.25) is 0 Å². The first-order chi connectivity index (χ1) is 22.1. The summed E-state index contributed by atoms with van der Waals surface area (Å²) in [6.45, 7) is 6.32. The molecule has 0 radical (unpaired) electrons. The Labute approximate surface area is 271 Å². The van der Waals surface area contributed by atoms with Gasteiger partial charge in [-0.3, -0.25) is 0 Å². The number of ether oxygens (including phenoxy) is 1. The number of benzene rings is 3. The number of aryl methyl sites for hydroxylation is 2.